The van der Waals surface area contributed by atoms with Crippen molar-refractivity contribution in [3.05, 3.63) is 35.4 Å². The topological polar surface area (TPSA) is 52.7 Å². The molecule has 2 atom stereocenters. The summed E-state index contributed by atoms with van der Waals surface area (Å²) in [7, 11) is 0. The van der Waals surface area contributed by atoms with E-state index in [0.29, 0.717) is 26.1 Å². The lowest BCUT2D eigenvalue weighted by molar-refractivity contribution is -0.142. The molecule has 0 bridgehead atoms. The molecule has 154 valence electrons. The summed E-state index contributed by atoms with van der Waals surface area (Å²) in [6, 6.07) is 4.47. The van der Waals surface area contributed by atoms with Gasteiger partial charge in [0.05, 0.1) is 5.56 Å². The summed E-state index contributed by atoms with van der Waals surface area (Å²) < 4.78 is 38.6. The number of carbonyl (C=O) groups is 2. The van der Waals surface area contributed by atoms with E-state index in [1.165, 1.54) is 12.1 Å². The van der Waals surface area contributed by atoms with Gasteiger partial charge in [-0.05, 0) is 24.6 Å². The number of hydrogen-bond acceptors (Lipinski definition) is 3. The number of hydrogen-bond donors (Lipinski definition) is 1. The first-order chi connectivity index (χ1) is 12.9. The van der Waals surface area contributed by atoms with E-state index in [4.69, 9.17) is 0 Å². The van der Waals surface area contributed by atoms with Crippen molar-refractivity contribution >= 4 is 11.8 Å². The maximum atomic E-state index is 12.9. The lowest BCUT2D eigenvalue weighted by Crippen LogP contribution is -2.54. The fourth-order valence-corrected chi connectivity index (χ4v) is 3.91. The molecule has 1 N–H and O–H groups in total. The minimum Gasteiger partial charge on any atom is -0.348 e. The second kappa shape index (κ2) is 7.39. The first-order valence-corrected chi connectivity index (χ1v) is 9.46. The average Bonchev–Trinajstić information content (AvgIpc) is 3.00. The number of fused-ring (bicyclic) bond motifs is 1. The van der Waals surface area contributed by atoms with Gasteiger partial charge in [-0.1, -0.05) is 26.8 Å². The van der Waals surface area contributed by atoms with Gasteiger partial charge in [-0.3, -0.25) is 14.5 Å². The number of nitrogens with one attached hydrogen (secondary N) is 1. The summed E-state index contributed by atoms with van der Waals surface area (Å²) in [5, 5.41) is 2.85. The molecule has 8 heteroatoms. The van der Waals surface area contributed by atoms with Crippen LogP contribution in [0, 0.1) is 5.41 Å². The van der Waals surface area contributed by atoms with Gasteiger partial charge < -0.3 is 10.2 Å². The van der Waals surface area contributed by atoms with E-state index in [-0.39, 0.29) is 23.6 Å². The Morgan fingerprint density at radius 3 is 2.46 bits per heavy atom. The van der Waals surface area contributed by atoms with Crippen LogP contribution in [0.25, 0.3) is 0 Å². The van der Waals surface area contributed by atoms with E-state index in [1.54, 1.807) is 0 Å². The highest BCUT2D eigenvalue weighted by Gasteiger charge is 2.40. The summed E-state index contributed by atoms with van der Waals surface area (Å²) in [5.41, 5.74) is -1.26. The largest absolute Gasteiger partial charge is 0.416 e. The molecule has 2 amide bonds. The standard InChI is InChI=1S/C20H26F3N3O2/c1-19(2,3)18(28)26-8-7-25-11-15(10-16(25)12-26)24-17(27)13-5-4-6-14(9-13)20(21,22)23/h4-6,9,15-16H,7-8,10-12H2,1-3H3,(H,24,27)/t15-,16-/m0/s1. The van der Waals surface area contributed by atoms with Gasteiger partial charge in [-0.15, -0.1) is 0 Å². The lowest BCUT2D eigenvalue weighted by atomic mass is 9.94. The quantitative estimate of drug-likeness (QED) is 0.835. The van der Waals surface area contributed by atoms with Crippen LogP contribution in [-0.2, 0) is 11.0 Å². The number of carbonyl (C=O) groups excluding carboxylic acids is 2. The number of rotatable bonds is 2. The molecule has 0 aliphatic carbocycles. The third-order valence-corrected chi connectivity index (χ3v) is 5.33. The highest BCUT2D eigenvalue weighted by Crippen LogP contribution is 2.30. The van der Waals surface area contributed by atoms with Crippen LogP contribution >= 0.6 is 0 Å². The molecule has 28 heavy (non-hydrogen) atoms. The Morgan fingerprint density at radius 1 is 1.11 bits per heavy atom. The maximum Gasteiger partial charge on any atom is 0.416 e. The highest BCUT2D eigenvalue weighted by molar-refractivity contribution is 5.94. The summed E-state index contributed by atoms with van der Waals surface area (Å²) in [4.78, 5) is 29.1. The molecular weight excluding hydrogens is 371 g/mol. The third-order valence-electron chi connectivity index (χ3n) is 5.33. The van der Waals surface area contributed by atoms with Gasteiger partial charge in [0, 0.05) is 49.2 Å². The molecule has 5 nitrogen and oxygen atoms in total. The Labute approximate surface area is 162 Å². The van der Waals surface area contributed by atoms with Gasteiger partial charge in [0.2, 0.25) is 5.91 Å². The van der Waals surface area contributed by atoms with Crippen molar-refractivity contribution in [2.45, 2.75) is 45.5 Å². The molecule has 0 radical (unpaired) electrons. The van der Waals surface area contributed by atoms with Crippen molar-refractivity contribution in [3.8, 4) is 0 Å². The molecule has 0 spiro atoms. The summed E-state index contributed by atoms with van der Waals surface area (Å²) in [5.74, 6) is -0.387. The van der Waals surface area contributed by atoms with E-state index in [2.05, 4.69) is 10.2 Å². The van der Waals surface area contributed by atoms with Crippen LogP contribution in [0.5, 0.6) is 0 Å². The number of alkyl halides is 3. The molecule has 2 fully saturated rings. The van der Waals surface area contributed by atoms with Crippen LogP contribution < -0.4 is 5.32 Å². The van der Waals surface area contributed by atoms with Gasteiger partial charge in [-0.25, -0.2) is 0 Å². The average molecular weight is 397 g/mol. The normalized spacial score (nSPS) is 23.4. The van der Waals surface area contributed by atoms with E-state index < -0.39 is 23.1 Å². The van der Waals surface area contributed by atoms with E-state index in [0.717, 1.165) is 18.7 Å². The fourth-order valence-electron chi connectivity index (χ4n) is 3.91. The highest BCUT2D eigenvalue weighted by atomic mass is 19.4. The van der Waals surface area contributed by atoms with Gasteiger partial charge >= 0.3 is 6.18 Å². The molecular formula is C20H26F3N3O2. The second-order valence-corrected chi connectivity index (χ2v) is 8.63. The zero-order valence-corrected chi connectivity index (χ0v) is 16.3. The first kappa shape index (κ1) is 20.6. The molecule has 3 rings (SSSR count). The van der Waals surface area contributed by atoms with Gasteiger partial charge in [0.15, 0.2) is 0 Å². The van der Waals surface area contributed by atoms with Gasteiger partial charge in [0.1, 0.15) is 0 Å². The fraction of sp³-hybridized carbons (Fsp3) is 0.600. The van der Waals surface area contributed by atoms with Crippen molar-refractivity contribution in [2.24, 2.45) is 5.41 Å². The Bertz CT molecular complexity index is 758. The lowest BCUT2D eigenvalue weighted by Gasteiger charge is -2.39. The number of benzene rings is 1. The zero-order valence-electron chi connectivity index (χ0n) is 16.3. The third kappa shape index (κ3) is 4.48. The summed E-state index contributed by atoms with van der Waals surface area (Å²) in [6.45, 7) is 8.35. The van der Waals surface area contributed by atoms with Crippen LogP contribution in [0.2, 0.25) is 0 Å². The number of halogens is 3. The Kier molecular flexibility index (Phi) is 5.44. The van der Waals surface area contributed by atoms with Gasteiger partial charge in [0.25, 0.3) is 5.91 Å². The zero-order chi connectivity index (χ0) is 20.7. The predicted octanol–water partition coefficient (Wildman–Crippen LogP) is 2.77. The predicted molar refractivity (Wildman–Crippen MR) is 98.7 cm³/mol. The van der Waals surface area contributed by atoms with Crippen molar-refractivity contribution in [1.82, 2.24) is 15.1 Å². The molecule has 1 aromatic rings. The van der Waals surface area contributed by atoms with Crippen LogP contribution in [-0.4, -0.2) is 59.9 Å². The molecule has 1 aromatic carbocycles. The maximum absolute atomic E-state index is 12.9. The van der Waals surface area contributed by atoms with E-state index >= 15 is 0 Å². The Morgan fingerprint density at radius 2 is 1.82 bits per heavy atom. The molecule has 2 aliphatic rings. The molecule has 2 heterocycles. The van der Waals surface area contributed by atoms with E-state index in [1.807, 2.05) is 25.7 Å². The Hall–Kier alpha value is -2.09. The van der Waals surface area contributed by atoms with Crippen molar-refractivity contribution in [2.75, 3.05) is 26.2 Å². The minimum absolute atomic E-state index is 0.00392. The van der Waals surface area contributed by atoms with Crippen LogP contribution in [0.15, 0.2) is 24.3 Å². The molecule has 0 aromatic heterocycles. The second-order valence-electron chi connectivity index (χ2n) is 8.63. The van der Waals surface area contributed by atoms with Gasteiger partial charge in [-0.2, -0.15) is 13.2 Å². The van der Waals surface area contributed by atoms with Crippen molar-refractivity contribution in [1.29, 1.82) is 0 Å². The first-order valence-electron chi connectivity index (χ1n) is 9.46. The monoisotopic (exact) mass is 397 g/mol. The number of nitrogens with zero attached hydrogens (tertiary/aromatic N) is 2. The van der Waals surface area contributed by atoms with Crippen molar-refractivity contribution < 1.29 is 22.8 Å². The van der Waals surface area contributed by atoms with Crippen LogP contribution in [0.1, 0.15) is 43.1 Å². The molecule has 2 saturated heterocycles. The number of piperazine rings is 1. The Balaban J connectivity index is 1.61. The minimum atomic E-state index is -4.48. The molecule has 0 saturated carbocycles. The number of amides is 2. The smallest absolute Gasteiger partial charge is 0.348 e. The van der Waals surface area contributed by atoms with Crippen LogP contribution in [0.3, 0.4) is 0 Å². The molecule has 0 unspecified atom stereocenters. The molecule has 2 aliphatic heterocycles. The van der Waals surface area contributed by atoms with Crippen LogP contribution in [0.4, 0.5) is 13.2 Å². The summed E-state index contributed by atoms with van der Waals surface area (Å²) in [6.07, 6.45) is -3.80. The van der Waals surface area contributed by atoms with E-state index in [9.17, 15) is 22.8 Å². The summed E-state index contributed by atoms with van der Waals surface area (Å²) >= 11 is 0. The van der Waals surface area contributed by atoms with Crippen molar-refractivity contribution in [3.63, 3.8) is 0 Å². The SMILES string of the molecule is CC(C)(C)C(=O)N1CCN2C[C@@H](NC(=O)c3cccc(C(F)(F)F)c3)C[C@H]2C1.